The average Bonchev–Trinajstić information content (AvgIpc) is 2.36. The molecule has 1 heterocycles. The van der Waals surface area contributed by atoms with Crippen LogP contribution in [0.2, 0.25) is 0 Å². The summed E-state index contributed by atoms with van der Waals surface area (Å²) in [6, 6.07) is -0.856. The van der Waals surface area contributed by atoms with Gasteiger partial charge >= 0.3 is 6.18 Å². The SMILES string of the molecule is CSCC[C@H](N)C(=O)N1CCN(CC(F)(F)F)C(C)C1. The monoisotopic (exact) mass is 313 g/mol. The zero-order valence-electron chi connectivity index (χ0n) is 11.8. The number of carbonyl (C=O) groups excluding carboxylic acids is 1. The van der Waals surface area contributed by atoms with Crippen molar-refractivity contribution in [3.63, 3.8) is 0 Å². The van der Waals surface area contributed by atoms with E-state index in [1.165, 1.54) is 4.90 Å². The van der Waals surface area contributed by atoms with E-state index in [1.54, 1.807) is 23.6 Å². The van der Waals surface area contributed by atoms with Crippen molar-refractivity contribution in [1.82, 2.24) is 9.80 Å². The topological polar surface area (TPSA) is 49.6 Å². The number of halogens is 3. The van der Waals surface area contributed by atoms with E-state index in [1.807, 2.05) is 6.26 Å². The number of alkyl halides is 3. The highest BCUT2D eigenvalue weighted by Crippen LogP contribution is 2.20. The van der Waals surface area contributed by atoms with E-state index in [4.69, 9.17) is 5.73 Å². The van der Waals surface area contributed by atoms with Crippen molar-refractivity contribution in [2.45, 2.75) is 31.6 Å². The van der Waals surface area contributed by atoms with E-state index in [0.29, 0.717) is 19.5 Å². The van der Waals surface area contributed by atoms with Gasteiger partial charge in [-0.1, -0.05) is 0 Å². The zero-order chi connectivity index (χ0) is 15.3. The van der Waals surface area contributed by atoms with E-state index in [9.17, 15) is 18.0 Å². The molecule has 1 aliphatic rings. The van der Waals surface area contributed by atoms with Crippen LogP contribution >= 0.6 is 11.8 Å². The fraction of sp³-hybridized carbons (Fsp3) is 0.917. The average molecular weight is 313 g/mol. The van der Waals surface area contributed by atoms with Gasteiger partial charge < -0.3 is 10.6 Å². The lowest BCUT2D eigenvalue weighted by Crippen LogP contribution is -2.58. The van der Waals surface area contributed by atoms with Gasteiger partial charge in [0.2, 0.25) is 5.91 Å². The minimum atomic E-state index is -4.20. The van der Waals surface area contributed by atoms with Gasteiger partial charge in [0, 0.05) is 25.7 Å². The van der Waals surface area contributed by atoms with Crippen LogP contribution in [0.4, 0.5) is 13.2 Å². The minimum Gasteiger partial charge on any atom is -0.339 e. The maximum Gasteiger partial charge on any atom is 0.401 e. The first-order chi connectivity index (χ1) is 9.24. The van der Waals surface area contributed by atoms with Crippen LogP contribution in [0.25, 0.3) is 0 Å². The highest BCUT2D eigenvalue weighted by atomic mass is 32.2. The number of nitrogens with zero attached hydrogens (tertiary/aromatic N) is 2. The third-order valence-corrected chi connectivity index (χ3v) is 4.05. The molecule has 20 heavy (non-hydrogen) atoms. The third kappa shape index (κ3) is 5.49. The van der Waals surface area contributed by atoms with E-state index < -0.39 is 18.8 Å². The molecule has 1 fully saturated rings. The Balaban J connectivity index is 2.48. The zero-order valence-corrected chi connectivity index (χ0v) is 12.6. The Morgan fingerprint density at radius 2 is 2.10 bits per heavy atom. The van der Waals surface area contributed by atoms with Crippen LogP contribution in [0.1, 0.15) is 13.3 Å². The molecule has 1 saturated heterocycles. The van der Waals surface area contributed by atoms with Crippen molar-refractivity contribution >= 4 is 17.7 Å². The van der Waals surface area contributed by atoms with Gasteiger partial charge in [-0.15, -0.1) is 0 Å². The third-order valence-electron chi connectivity index (χ3n) is 3.41. The number of hydrogen-bond acceptors (Lipinski definition) is 4. The molecular weight excluding hydrogens is 291 g/mol. The summed E-state index contributed by atoms with van der Waals surface area (Å²) in [5.41, 5.74) is 5.82. The Hall–Kier alpha value is -0.470. The first-order valence-electron chi connectivity index (χ1n) is 6.58. The predicted octanol–water partition coefficient (Wildman–Crippen LogP) is 1.16. The van der Waals surface area contributed by atoms with Crippen LogP contribution in [-0.4, -0.2) is 72.2 Å². The van der Waals surface area contributed by atoms with Gasteiger partial charge in [0.25, 0.3) is 0 Å². The Kier molecular flexibility index (Phi) is 6.60. The van der Waals surface area contributed by atoms with Crippen molar-refractivity contribution in [2.24, 2.45) is 5.73 Å². The predicted molar refractivity (Wildman–Crippen MR) is 74.6 cm³/mol. The van der Waals surface area contributed by atoms with Crippen molar-refractivity contribution in [3.8, 4) is 0 Å². The summed E-state index contributed by atoms with van der Waals surface area (Å²) in [6.07, 6.45) is -1.67. The van der Waals surface area contributed by atoms with E-state index in [0.717, 1.165) is 5.75 Å². The molecule has 0 spiro atoms. The van der Waals surface area contributed by atoms with Gasteiger partial charge in [-0.25, -0.2) is 0 Å². The number of rotatable bonds is 5. The highest BCUT2D eigenvalue weighted by Gasteiger charge is 2.36. The molecule has 1 amide bonds. The molecule has 1 rings (SSSR count). The molecule has 0 aromatic heterocycles. The Morgan fingerprint density at radius 1 is 1.45 bits per heavy atom. The number of piperazine rings is 1. The van der Waals surface area contributed by atoms with Crippen LogP contribution in [-0.2, 0) is 4.79 Å². The molecule has 2 N–H and O–H groups in total. The molecule has 118 valence electrons. The van der Waals surface area contributed by atoms with Gasteiger partial charge in [0.05, 0.1) is 12.6 Å². The fourth-order valence-electron chi connectivity index (χ4n) is 2.26. The van der Waals surface area contributed by atoms with Crippen LogP contribution < -0.4 is 5.73 Å². The highest BCUT2D eigenvalue weighted by molar-refractivity contribution is 7.98. The van der Waals surface area contributed by atoms with E-state index in [2.05, 4.69) is 0 Å². The van der Waals surface area contributed by atoms with Crippen LogP contribution in [0.3, 0.4) is 0 Å². The molecule has 4 nitrogen and oxygen atoms in total. The number of amides is 1. The summed E-state index contributed by atoms with van der Waals surface area (Å²) in [4.78, 5) is 15.0. The quantitative estimate of drug-likeness (QED) is 0.827. The molecule has 0 aromatic carbocycles. The second-order valence-electron chi connectivity index (χ2n) is 5.11. The van der Waals surface area contributed by atoms with Gasteiger partial charge in [0.15, 0.2) is 0 Å². The molecule has 1 unspecified atom stereocenters. The van der Waals surface area contributed by atoms with Crippen molar-refractivity contribution in [3.05, 3.63) is 0 Å². The van der Waals surface area contributed by atoms with Crippen molar-refractivity contribution in [2.75, 3.05) is 38.2 Å². The summed E-state index contributed by atoms with van der Waals surface area (Å²) in [7, 11) is 0. The fourth-order valence-corrected chi connectivity index (χ4v) is 2.75. The molecular formula is C12H22F3N3OS. The summed E-state index contributed by atoms with van der Waals surface area (Å²) in [5.74, 6) is 0.647. The second-order valence-corrected chi connectivity index (χ2v) is 6.09. The number of thioether (sulfide) groups is 1. The van der Waals surface area contributed by atoms with Gasteiger partial charge in [0.1, 0.15) is 0 Å². The summed E-state index contributed by atoms with van der Waals surface area (Å²) in [5, 5.41) is 0. The van der Waals surface area contributed by atoms with Gasteiger partial charge in [-0.05, 0) is 25.4 Å². The Labute approximate surface area is 121 Å². The lowest BCUT2D eigenvalue weighted by Gasteiger charge is -2.40. The molecule has 0 saturated carbocycles. The van der Waals surface area contributed by atoms with Gasteiger partial charge in [-0.3, -0.25) is 9.69 Å². The van der Waals surface area contributed by atoms with E-state index in [-0.39, 0.29) is 18.5 Å². The van der Waals surface area contributed by atoms with Crippen LogP contribution in [0.5, 0.6) is 0 Å². The number of nitrogens with two attached hydrogens (primary N) is 1. The molecule has 8 heteroatoms. The lowest BCUT2D eigenvalue weighted by molar-refractivity contribution is -0.157. The van der Waals surface area contributed by atoms with Crippen molar-refractivity contribution < 1.29 is 18.0 Å². The molecule has 0 radical (unpaired) electrons. The first kappa shape index (κ1) is 17.6. The van der Waals surface area contributed by atoms with Crippen LogP contribution in [0.15, 0.2) is 0 Å². The smallest absolute Gasteiger partial charge is 0.339 e. The molecule has 1 aliphatic heterocycles. The maximum atomic E-state index is 12.4. The summed E-state index contributed by atoms with van der Waals surface area (Å²) in [6.45, 7) is 1.64. The molecule has 0 aromatic rings. The number of carbonyl (C=O) groups is 1. The Morgan fingerprint density at radius 3 is 2.60 bits per heavy atom. The molecule has 0 bridgehead atoms. The maximum absolute atomic E-state index is 12.4. The molecule has 2 atom stereocenters. The molecule has 0 aliphatic carbocycles. The first-order valence-corrected chi connectivity index (χ1v) is 7.98. The summed E-state index contributed by atoms with van der Waals surface area (Å²) >= 11 is 1.62. The largest absolute Gasteiger partial charge is 0.401 e. The second kappa shape index (κ2) is 7.51. The Bertz CT molecular complexity index is 328. The standard InChI is InChI=1S/C12H22F3N3OS/c1-9-7-17(11(19)10(16)3-6-20-2)4-5-18(9)8-12(13,14)15/h9-10H,3-8,16H2,1-2H3/t9?,10-/m0/s1. The van der Waals surface area contributed by atoms with Crippen LogP contribution in [0, 0.1) is 0 Å². The normalized spacial score (nSPS) is 22.9. The van der Waals surface area contributed by atoms with E-state index >= 15 is 0 Å². The van der Waals surface area contributed by atoms with Gasteiger partial charge in [-0.2, -0.15) is 24.9 Å². The summed E-state index contributed by atoms with van der Waals surface area (Å²) < 4.78 is 37.2. The minimum absolute atomic E-state index is 0.155. The number of hydrogen-bond donors (Lipinski definition) is 1. The van der Waals surface area contributed by atoms with Crippen molar-refractivity contribution in [1.29, 1.82) is 0 Å². The lowest BCUT2D eigenvalue weighted by atomic mass is 10.1.